The van der Waals surface area contributed by atoms with E-state index in [1.54, 1.807) is 32.2 Å². The summed E-state index contributed by atoms with van der Waals surface area (Å²) in [6.07, 6.45) is 0.420. The van der Waals surface area contributed by atoms with E-state index in [1.165, 1.54) is 4.90 Å². The molecule has 1 heterocycles. The Morgan fingerprint density at radius 2 is 2.09 bits per heavy atom. The fourth-order valence-electron chi connectivity index (χ4n) is 2.09. The highest BCUT2D eigenvalue weighted by atomic mass is 32.2. The lowest BCUT2D eigenvalue weighted by Gasteiger charge is -2.30. The monoisotopic (exact) mass is 326 g/mol. The van der Waals surface area contributed by atoms with Crippen LogP contribution in [0.3, 0.4) is 0 Å². The van der Waals surface area contributed by atoms with Crippen LogP contribution in [-0.2, 0) is 19.4 Å². The number of rotatable bonds is 4. The number of hydrogen-bond donors (Lipinski definition) is 1. The number of benzene rings is 1. The number of fused-ring (bicyclic) bond motifs is 1. The molecule has 1 aromatic carbocycles. The highest BCUT2D eigenvalue weighted by molar-refractivity contribution is 7.90. The number of sulfone groups is 1. The highest BCUT2D eigenvalue weighted by Crippen LogP contribution is 2.35. The summed E-state index contributed by atoms with van der Waals surface area (Å²) in [6, 6.07) is 4.94. The first-order valence-electron chi connectivity index (χ1n) is 6.73. The van der Waals surface area contributed by atoms with E-state index in [2.05, 4.69) is 5.32 Å². The summed E-state index contributed by atoms with van der Waals surface area (Å²) in [6.45, 7) is 1.67. The van der Waals surface area contributed by atoms with E-state index >= 15 is 0 Å². The Morgan fingerprint density at radius 1 is 1.41 bits per heavy atom. The molecule has 0 saturated carbocycles. The molecule has 2 rings (SSSR count). The average molecular weight is 326 g/mol. The number of anilines is 2. The van der Waals surface area contributed by atoms with E-state index in [1.807, 2.05) is 0 Å². The van der Waals surface area contributed by atoms with Gasteiger partial charge in [-0.15, -0.1) is 0 Å². The molecule has 0 saturated heterocycles. The molecule has 2 amide bonds. The lowest BCUT2D eigenvalue weighted by atomic mass is 10.2. The standard InChI is InChI=1S/C14H18N2O5S/c1-9-14(18)16(2)11-8-10(4-5-12(11)21-9)15-13(17)6-7-22(3,19)20/h4-5,8-9H,6-7H2,1-3H3,(H,15,17). The van der Waals surface area contributed by atoms with Gasteiger partial charge in [0, 0.05) is 25.4 Å². The Balaban J connectivity index is 2.12. The van der Waals surface area contributed by atoms with E-state index in [9.17, 15) is 18.0 Å². The van der Waals surface area contributed by atoms with Crippen molar-refractivity contribution in [1.29, 1.82) is 0 Å². The van der Waals surface area contributed by atoms with E-state index in [0.717, 1.165) is 6.26 Å². The fourth-order valence-corrected chi connectivity index (χ4v) is 2.65. The van der Waals surface area contributed by atoms with Crippen molar-refractivity contribution in [3.8, 4) is 5.75 Å². The Labute approximate surface area is 129 Å². The summed E-state index contributed by atoms with van der Waals surface area (Å²) in [5.41, 5.74) is 1.04. The number of carbonyl (C=O) groups excluding carboxylic acids is 2. The van der Waals surface area contributed by atoms with Gasteiger partial charge in [0.25, 0.3) is 5.91 Å². The molecule has 0 spiro atoms. The number of ether oxygens (including phenoxy) is 1. The molecule has 1 aromatic rings. The van der Waals surface area contributed by atoms with Crippen LogP contribution in [0.15, 0.2) is 18.2 Å². The highest BCUT2D eigenvalue weighted by Gasteiger charge is 2.29. The van der Waals surface area contributed by atoms with Crippen LogP contribution in [0.5, 0.6) is 5.75 Å². The van der Waals surface area contributed by atoms with Gasteiger partial charge < -0.3 is 15.0 Å². The average Bonchev–Trinajstić information content (AvgIpc) is 2.43. The maximum Gasteiger partial charge on any atom is 0.267 e. The molecule has 0 aromatic heterocycles. The molecule has 1 unspecified atom stereocenters. The fraction of sp³-hybridized carbons (Fsp3) is 0.429. The molecule has 0 aliphatic carbocycles. The molecule has 120 valence electrons. The van der Waals surface area contributed by atoms with Crippen molar-refractivity contribution in [3.05, 3.63) is 18.2 Å². The van der Waals surface area contributed by atoms with Crippen LogP contribution in [-0.4, -0.2) is 45.4 Å². The van der Waals surface area contributed by atoms with Gasteiger partial charge in [-0.25, -0.2) is 8.42 Å². The lowest BCUT2D eigenvalue weighted by molar-refractivity contribution is -0.125. The van der Waals surface area contributed by atoms with E-state index in [0.29, 0.717) is 17.1 Å². The SMILES string of the molecule is CC1Oc2ccc(NC(=O)CCS(C)(=O)=O)cc2N(C)C1=O. The Morgan fingerprint density at radius 3 is 2.73 bits per heavy atom. The molecule has 0 radical (unpaired) electrons. The van der Waals surface area contributed by atoms with Crippen LogP contribution < -0.4 is 15.0 Å². The Bertz CT molecular complexity index is 714. The van der Waals surface area contributed by atoms with Crippen LogP contribution in [0.25, 0.3) is 0 Å². The van der Waals surface area contributed by atoms with E-state index in [4.69, 9.17) is 4.74 Å². The molecule has 1 aliphatic rings. The van der Waals surface area contributed by atoms with Gasteiger partial charge in [0.2, 0.25) is 5.91 Å². The summed E-state index contributed by atoms with van der Waals surface area (Å²) in [4.78, 5) is 25.1. The van der Waals surface area contributed by atoms with Gasteiger partial charge in [-0.3, -0.25) is 9.59 Å². The molecule has 1 aliphatic heterocycles. The normalized spacial score (nSPS) is 17.7. The number of carbonyl (C=O) groups is 2. The van der Waals surface area contributed by atoms with Crippen LogP contribution in [0.4, 0.5) is 11.4 Å². The van der Waals surface area contributed by atoms with Gasteiger partial charge in [-0.1, -0.05) is 0 Å². The summed E-state index contributed by atoms with van der Waals surface area (Å²) in [7, 11) is -1.55. The minimum atomic E-state index is -3.18. The second kappa shape index (κ2) is 5.96. The minimum absolute atomic E-state index is 0.113. The zero-order chi connectivity index (χ0) is 16.5. The van der Waals surface area contributed by atoms with Gasteiger partial charge in [0.05, 0.1) is 11.4 Å². The van der Waals surface area contributed by atoms with Crippen LogP contribution in [0.1, 0.15) is 13.3 Å². The third kappa shape index (κ3) is 3.76. The van der Waals surface area contributed by atoms with E-state index in [-0.39, 0.29) is 18.1 Å². The zero-order valence-corrected chi connectivity index (χ0v) is 13.4. The zero-order valence-electron chi connectivity index (χ0n) is 12.6. The predicted octanol–water partition coefficient (Wildman–Crippen LogP) is 0.803. The van der Waals surface area contributed by atoms with Crippen LogP contribution in [0.2, 0.25) is 0 Å². The topological polar surface area (TPSA) is 92.8 Å². The third-order valence-electron chi connectivity index (χ3n) is 3.29. The number of nitrogens with one attached hydrogen (secondary N) is 1. The van der Waals surface area contributed by atoms with Gasteiger partial charge in [0.15, 0.2) is 6.10 Å². The number of nitrogens with zero attached hydrogens (tertiary/aromatic N) is 1. The van der Waals surface area contributed by atoms with Crippen molar-refractivity contribution in [2.45, 2.75) is 19.4 Å². The summed E-state index contributed by atoms with van der Waals surface area (Å²) >= 11 is 0. The van der Waals surface area contributed by atoms with Gasteiger partial charge in [-0.2, -0.15) is 0 Å². The molecule has 0 bridgehead atoms. The smallest absolute Gasteiger partial charge is 0.267 e. The maximum absolute atomic E-state index is 11.9. The molecule has 22 heavy (non-hydrogen) atoms. The number of likely N-dealkylation sites (N-methyl/N-ethyl adjacent to an activating group) is 1. The molecular weight excluding hydrogens is 308 g/mol. The molecule has 7 nitrogen and oxygen atoms in total. The first-order chi connectivity index (χ1) is 10.2. The quantitative estimate of drug-likeness (QED) is 0.883. The van der Waals surface area contributed by atoms with Gasteiger partial charge >= 0.3 is 0 Å². The second-order valence-corrected chi connectivity index (χ2v) is 7.53. The van der Waals surface area contributed by atoms with Crippen LogP contribution >= 0.6 is 0 Å². The summed E-state index contributed by atoms with van der Waals surface area (Å²) in [5, 5.41) is 2.61. The minimum Gasteiger partial charge on any atom is -0.479 e. The predicted molar refractivity (Wildman–Crippen MR) is 82.9 cm³/mol. The molecule has 1 atom stereocenters. The van der Waals surface area contributed by atoms with Crippen LogP contribution in [0, 0.1) is 0 Å². The third-order valence-corrected chi connectivity index (χ3v) is 4.23. The van der Waals surface area contributed by atoms with E-state index < -0.39 is 21.8 Å². The second-order valence-electron chi connectivity index (χ2n) is 5.27. The van der Waals surface area contributed by atoms with Crippen molar-refractivity contribution in [1.82, 2.24) is 0 Å². The van der Waals surface area contributed by atoms with Crippen molar-refractivity contribution in [2.75, 3.05) is 29.3 Å². The summed E-state index contributed by atoms with van der Waals surface area (Å²) < 4.78 is 27.6. The van der Waals surface area contributed by atoms with Gasteiger partial charge in [-0.05, 0) is 25.1 Å². The summed E-state index contributed by atoms with van der Waals surface area (Å²) in [5.74, 6) is -0.218. The first kappa shape index (κ1) is 16.3. The Kier molecular flexibility index (Phi) is 4.41. The van der Waals surface area contributed by atoms with Crippen molar-refractivity contribution in [3.63, 3.8) is 0 Å². The molecular formula is C14H18N2O5S. The van der Waals surface area contributed by atoms with Crippen molar-refractivity contribution >= 4 is 33.0 Å². The first-order valence-corrected chi connectivity index (χ1v) is 8.79. The maximum atomic E-state index is 11.9. The molecule has 1 N–H and O–H groups in total. The Hall–Kier alpha value is -2.09. The largest absolute Gasteiger partial charge is 0.479 e. The molecule has 0 fully saturated rings. The van der Waals surface area contributed by atoms with Gasteiger partial charge in [0.1, 0.15) is 15.6 Å². The number of amides is 2. The lowest BCUT2D eigenvalue weighted by Crippen LogP contribution is -2.41. The molecule has 8 heteroatoms. The van der Waals surface area contributed by atoms with Crippen molar-refractivity contribution in [2.24, 2.45) is 0 Å². The number of hydrogen-bond acceptors (Lipinski definition) is 5. The van der Waals surface area contributed by atoms with Crippen molar-refractivity contribution < 1.29 is 22.7 Å².